The molecule has 1 aromatic heterocycles. The van der Waals surface area contributed by atoms with Crippen LogP contribution in [0.3, 0.4) is 0 Å². The SMILES string of the molecule is CCN1CCOC(CNc2cccc(NN)n2)C1. The summed E-state index contributed by atoms with van der Waals surface area (Å²) >= 11 is 0. The molecule has 1 aromatic rings. The maximum atomic E-state index is 5.72. The number of anilines is 2. The Labute approximate surface area is 107 Å². The van der Waals surface area contributed by atoms with E-state index in [-0.39, 0.29) is 6.10 Å². The normalized spacial score (nSPS) is 20.7. The number of hydrogen-bond donors (Lipinski definition) is 3. The van der Waals surface area contributed by atoms with Gasteiger partial charge >= 0.3 is 0 Å². The summed E-state index contributed by atoms with van der Waals surface area (Å²) in [5, 5.41) is 3.28. The lowest BCUT2D eigenvalue weighted by atomic mass is 10.2. The number of ether oxygens (including phenoxy) is 1. The molecule has 1 unspecified atom stereocenters. The van der Waals surface area contributed by atoms with Crippen LogP contribution in [0.1, 0.15) is 6.92 Å². The molecule has 6 heteroatoms. The molecule has 18 heavy (non-hydrogen) atoms. The van der Waals surface area contributed by atoms with Crippen molar-refractivity contribution in [2.24, 2.45) is 5.84 Å². The summed E-state index contributed by atoms with van der Waals surface area (Å²) in [4.78, 5) is 6.69. The number of aromatic nitrogens is 1. The monoisotopic (exact) mass is 251 g/mol. The molecule has 2 rings (SSSR count). The topological polar surface area (TPSA) is 75.4 Å². The van der Waals surface area contributed by atoms with Crippen LogP contribution in [0.5, 0.6) is 0 Å². The average Bonchev–Trinajstić information content (AvgIpc) is 2.45. The highest BCUT2D eigenvalue weighted by Gasteiger charge is 2.18. The molecule has 4 N–H and O–H groups in total. The van der Waals surface area contributed by atoms with Crippen LogP contribution in [0.2, 0.25) is 0 Å². The van der Waals surface area contributed by atoms with E-state index >= 15 is 0 Å². The van der Waals surface area contributed by atoms with E-state index < -0.39 is 0 Å². The van der Waals surface area contributed by atoms with E-state index in [9.17, 15) is 0 Å². The van der Waals surface area contributed by atoms with Gasteiger partial charge in [0.25, 0.3) is 0 Å². The van der Waals surface area contributed by atoms with Gasteiger partial charge in [0.15, 0.2) is 0 Å². The first-order valence-corrected chi connectivity index (χ1v) is 6.33. The lowest BCUT2D eigenvalue weighted by Crippen LogP contribution is -2.45. The summed E-state index contributed by atoms with van der Waals surface area (Å²) in [6.45, 7) is 6.81. The van der Waals surface area contributed by atoms with E-state index in [1.54, 1.807) is 0 Å². The lowest BCUT2D eigenvalue weighted by Gasteiger charge is -2.32. The lowest BCUT2D eigenvalue weighted by molar-refractivity contribution is -0.0192. The van der Waals surface area contributed by atoms with Gasteiger partial charge in [0.1, 0.15) is 11.6 Å². The van der Waals surface area contributed by atoms with Gasteiger partial charge in [0, 0.05) is 19.6 Å². The second-order valence-corrected chi connectivity index (χ2v) is 4.32. The van der Waals surface area contributed by atoms with E-state index in [1.165, 1.54) is 0 Å². The molecule has 100 valence electrons. The van der Waals surface area contributed by atoms with Gasteiger partial charge in [-0.3, -0.25) is 4.90 Å². The molecule has 0 radical (unpaired) electrons. The van der Waals surface area contributed by atoms with Crippen LogP contribution in [0.4, 0.5) is 11.6 Å². The molecule has 6 nitrogen and oxygen atoms in total. The Bertz CT molecular complexity index is 373. The highest BCUT2D eigenvalue weighted by atomic mass is 16.5. The van der Waals surface area contributed by atoms with Crippen molar-refractivity contribution in [3.8, 4) is 0 Å². The zero-order valence-corrected chi connectivity index (χ0v) is 10.7. The Kier molecular flexibility index (Phi) is 4.74. The molecule has 0 aromatic carbocycles. The van der Waals surface area contributed by atoms with Crippen molar-refractivity contribution in [3.63, 3.8) is 0 Å². The molecule has 0 aliphatic carbocycles. The fourth-order valence-corrected chi connectivity index (χ4v) is 2.02. The molecule has 0 bridgehead atoms. The number of nitrogens with one attached hydrogen (secondary N) is 2. The third-order valence-electron chi connectivity index (χ3n) is 3.08. The Morgan fingerprint density at radius 2 is 2.33 bits per heavy atom. The number of pyridine rings is 1. The van der Waals surface area contributed by atoms with Crippen LogP contribution >= 0.6 is 0 Å². The molecule has 1 aliphatic heterocycles. The van der Waals surface area contributed by atoms with Gasteiger partial charge in [-0.25, -0.2) is 10.8 Å². The predicted molar refractivity (Wildman–Crippen MR) is 72.4 cm³/mol. The maximum Gasteiger partial charge on any atom is 0.142 e. The second-order valence-electron chi connectivity index (χ2n) is 4.32. The standard InChI is InChI=1S/C12H21N5O/c1-2-17-6-7-18-10(9-17)8-14-11-4-3-5-12(15-11)16-13/h3-5,10H,2,6-9,13H2,1H3,(H2,14,15,16). The summed E-state index contributed by atoms with van der Waals surface area (Å²) in [5.74, 6) is 6.78. The van der Waals surface area contributed by atoms with Gasteiger partial charge in [-0.05, 0) is 18.7 Å². The largest absolute Gasteiger partial charge is 0.374 e. The molecule has 1 atom stereocenters. The summed E-state index contributed by atoms with van der Waals surface area (Å²) in [6.07, 6.45) is 0.218. The van der Waals surface area contributed by atoms with Crippen LogP contribution in [0.25, 0.3) is 0 Å². The van der Waals surface area contributed by atoms with Crippen molar-refractivity contribution in [2.45, 2.75) is 13.0 Å². The van der Waals surface area contributed by atoms with Gasteiger partial charge in [0.2, 0.25) is 0 Å². The molecular weight excluding hydrogens is 230 g/mol. The van der Waals surface area contributed by atoms with Gasteiger partial charge in [-0.15, -0.1) is 0 Å². The number of likely N-dealkylation sites (N-methyl/N-ethyl adjacent to an activating group) is 1. The Hall–Kier alpha value is -1.37. The molecule has 0 saturated carbocycles. The first-order valence-electron chi connectivity index (χ1n) is 6.33. The van der Waals surface area contributed by atoms with Gasteiger partial charge in [-0.1, -0.05) is 13.0 Å². The number of morpholine rings is 1. The Morgan fingerprint density at radius 1 is 1.50 bits per heavy atom. The van der Waals surface area contributed by atoms with E-state index in [1.807, 2.05) is 18.2 Å². The van der Waals surface area contributed by atoms with Crippen molar-refractivity contribution in [3.05, 3.63) is 18.2 Å². The van der Waals surface area contributed by atoms with E-state index in [0.717, 1.165) is 38.6 Å². The van der Waals surface area contributed by atoms with Crippen molar-refractivity contribution in [1.82, 2.24) is 9.88 Å². The first kappa shape index (κ1) is 13.1. The molecule has 0 amide bonds. The number of nitrogens with zero attached hydrogens (tertiary/aromatic N) is 2. The number of nitrogens with two attached hydrogens (primary N) is 1. The number of nitrogen functional groups attached to an aromatic ring is 1. The highest BCUT2D eigenvalue weighted by molar-refractivity contribution is 5.44. The van der Waals surface area contributed by atoms with Gasteiger partial charge in [-0.2, -0.15) is 0 Å². The summed E-state index contributed by atoms with van der Waals surface area (Å²) in [5.41, 5.74) is 2.53. The van der Waals surface area contributed by atoms with Crippen LogP contribution in [-0.4, -0.2) is 48.8 Å². The second kappa shape index (κ2) is 6.53. The minimum Gasteiger partial charge on any atom is -0.374 e. The van der Waals surface area contributed by atoms with Crippen LogP contribution in [-0.2, 0) is 4.74 Å². The van der Waals surface area contributed by atoms with Crippen LogP contribution in [0, 0.1) is 0 Å². The molecule has 2 heterocycles. The predicted octanol–water partition coefficient (Wildman–Crippen LogP) is 0.500. The zero-order valence-electron chi connectivity index (χ0n) is 10.7. The Morgan fingerprint density at radius 3 is 3.11 bits per heavy atom. The highest BCUT2D eigenvalue weighted by Crippen LogP contribution is 2.10. The summed E-state index contributed by atoms with van der Waals surface area (Å²) < 4.78 is 5.72. The number of rotatable bonds is 5. The van der Waals surface area contributed by atoms with Gasteiger partial charge in [0.05, 0.1) is 12.7 Å². The zero-order chi connectivity index (χ0) is 12.8. The molecule has 1 aliphatic rings. The molecule has 0 spiro atoms. The van der Waals surface area contributed by atoms with E-state index in [4.69, 9.17) is 10.6 Å². The fraction of sp³-hybridized carbons (Fsp3) is 0.583. The van der Waals surface area contributed by atoms with Crippen LogP contribution < -0.4 is 16.6 Å². The van der Waals surface area contributed by atoms with Crippen molar-refractivity contribution in [2.75, 3.05) is 43.5 Å². The average molecular weight is 251 g/mol. The van der Waals surface area contributed by atoms with Crippen molar-refractivity contribution < 1.29 is 4.74 Å². The van der Waals surface area contributed by atoms with Crippen LogP contribution in [0.15, 0.2) is 18.2 Å². The summed E-state index contributed by atoms with van der Waals surface area (Å²) in [7, 11) is 0. The summed E-state index contributed by atoms with van der Waals surface area (Å²) in [6, 6.07) is 5.65. The smallest absolute Gasteiger partial charge is 0.142 e. The molecular formula is C12H21N5O. The van der Waals surface area contributed by atoms with E-state index in [0.29, 0.717) is 5.82 Å². The quantitative estimate of drug-likeness (QED) is 0.523. The van der Waals surface area contributed by atoms with Crippen molar-refractivity contribution >= 4 is 11.6 Å². The maximum absolute atomic E-state index is 5.72. The fourth-order valence-electron chi connectivity index (χ4n) is 2.02. The number of hydrazine groups is 1. The third kappa shape index (κ3) is 3.56. The number of hydrogen-bond acceptors (Lipinski definition) is 6. The third-order valence-corrected chi connectivity index (χ3v) is 3.08. The minimum absolute atomic E-state index is 0.218. The minimum atomic E-state index is 0.218. The van der Waals surface area contributed by atoms with Crippen molar-refractivity contribution in [1.29, 1.82) is 0 Å². The van der Waals surface area contributed by atoms with E-state index in [2.05, 4.69) is 27.6 Å². The molecule has 1 fully saturated rings. The molecule has 1 saturated heterocycles. The van der Waals surface area contributed by atoms with Gasteiger partial charge < -0.3 is 15.5 Å². The Balaban J connectivity index is 1.83. The first-order chi connectivity index (χ1) is 8.81.